The van der Waals surface area contributed by atoms with Gasteiger partial charge in [0.2, 0.25) is 5.91 Å². The summed E-state index contributed by atoms with van der Waals surface area (Å²) in [6.45, 7) is 7.42. The highest BCUT2D eigenvalue weighted by molar-refractivity contribution is 5.83. The number of amides is 1. The zero-order chi connectivity index (χ0) is 13.8. The summed E-state index contributed by atoms with van der Waals surface area (Å²) in [7, 11) is 1.62. The molecule has 3 N–H and O–H groups in total. The SMILES string of the molecule is COCC1(C(=O)NC(C)(C)C(C)O)CCNCC1. The van der Waals surface area contributed by atoms with E-state index in [1.54, 1.807) is 14.0 Å². The number of aliphatic hydroxyl groups excluding tert-OH is 1. The summed E-state index contributed by atoms with van der Waals surface area (Å²) in [5.74, 6) is -0.0169. The van der Waals surface area contributed by atoms with Crippen molar-refractivity contribution in [2.45, 2.75) is 45.3 Å². The molecule has 1 aliphatic heterocycles. The zero-order valence-electron chi connectivity index (χ0n) is 11.9. The molecular weight excluding hydrogens is 232 g/mol. The average Bonchev–Trinajstić information content (AvgIpc) is 2.29. The number of ether oxygens (including phenoxy) is 1. The summed E-state index contributed by atoms with van der Waals surface area (Å²) in [4.78, 5) is 12.5. The second kappa shape index (κ2) is 5.99. The van der Waals surface area contributed by atoms with Crippen molar-refractivity contribution in [1.29, 1.82) is 0 Å². The van der Waals surface area contributed by atoms with Crippen LogP contribution in [0.2, 0.25) is 0 Å². The monoisotopic (exact) mass is 258 g/mol. The maximum absolute atomic E-state index is 12.5. The third-order valence-electron chi connectivity index (χ3n) is 3.94. The molecule has 1 amide bonds. The Morgan fingerprint density at radius 3 is 2.50 bits per heavy atom. The molecule has 1 aliphatic rings. The molecule has 5 nitrogen and oxygen atoms in total. The maximum Gasteiger partial charge on any atom is 0.229 e. The lowest BCUT2D eigenvalue weighted by atomic mass is 9.78. The molecule has 0 saturated carbocycles. The number of piperidine rings is 1. The van der Waals surface area contributed by atoms with Crippen LogP contribution in [0.1, 0.15) is 33.6 Å². The Kier molecular flexibility index (Phi) is 5.13. The fourth-order valence-corrected chi connectivity index (χ4v) is 2.15. The lowest BCUT2D eigenvalue weighted by Gasteiger charge is -2.39. The molecule has 0 spiro atoms. The molecule has 1 saturated heterocycles. The average molecular weight is 258 g/mol. The first-order valence-electron chi connectivity index (χ1n) is 6.54. The number of carbonyl (C=O) groups is 1. The van der Waals surface area contributed by atoms with E-state index in [0.717, 1.165) is 25.9 Å². The predicted octanol–water partition coefficient (Wildman–Crippen LogP) is 0.278. The predicted molar refractivity (Wildman–Crippen MR) is 70.3 cm³/mol. The largest absolute Gasteiger partial charge is 0.391 e. The van der Waals surface area contributed by atoms with E-state index in [2.05, 4.69) is 10.6 Å². The molecule has 1 heterocycles. The van der Waals surface area contributed by atoms with Gasteiger partial charge < -0.3 is 20.5 Å². The van der Waals surface area contributed by atoms with Gasteiger partial charge >= 0.3 is 0 Å². The first-order valence-corrected chi connectivity index (χ1v) is 6.54. The number of nitrogens with one attached hydrogen (secondary N) is 2. The molecule has 5 heteroatoms. The van der Waals surface area contributed by atoms with Gasteiger partial charge in [-0.25, -0.2) is 0 Å². The van der Waals surface area contributed by atoms with Crippen LogP contribution in [0.4, 0.5) is 0 Å². The number of hydrogen-bond donors (Lipinski definition) is 3. The number of methoxy groups -OCH3 is 1. The van der Waals surface area contributed by atoms with Crippen LogP contribution < -0.4 is 10.6 Å². The van der Waals surface area contributed by atoms with Gasteiger partial charge in [-0.1, -0.05) is 0 Å². The normalized spacial score (nSPS) is 21.4. The van der Waals surface area contributed by atoms with Gasteiger partial charge in [0, 0.05) is 7.11 Å². The van der Waals surface area contributed by atoms with Gasteiger partial charge in [-0.3, -0.25) is 4.79 Å². The molecule has 1 fully saturated rings. The van der Waals surface area contributed by atoms with Crippen LogP contribution >= 0.6 is 0 Å². The second-order valence-corrected chi connectivity index (χ2v) is 5.82. The summed E-state index contributed by atoms with van der Waals surface area (Å²) in [5.41, 5.74) is -1.09. The van der Waals surface area contributed by atoms with Gasteiger partial charge in [0.1, 0.15) is 0 Å². The summed E-state index contributed by atoms with van der Waals surface area (Å²) < 4.78 is 5.23. The van der Waals surface area contributed by atoms with Crippen molar-refractivity contribution in [3.05, 3.63) is 0 Å². The lowest BCUT2D eigenvalue weighted by Crippen LogP contribution is -2.58. The van der Waals surface area contributed by atoms with Crippen molar-refractivity contribution in [3.8, 4) is 0 Å². The molecule has 0 aromatic carbocycles. The first kappa shape index (κ1) is 15.4. The van der Waals surface area contributed by atoms with E-state index >= 15 is 0 Å². The Bertz CT molecular complexity index is 278. The Morgan fingerprint density at radius 1 is 1.50 bits per heavy atom. The summed E-state index contributed by atoms with van der Waals surface area (Å²) in [6, 6.07) is 0. The van der Waals surface area contributed by atoms with Crippen LogP contribution in [-0.2, 0) is 9.53 Å². The van der Waals surface area contributed by atoms with Crippen LogP contribution in [0.5, 0.6) is 0 Å². The molecule has 0 radical (unpaired) electrons. The minimum atomic E-state index is -0.622. The molecule has 0 aliphatic carbocycles. The number of rotatable bonds is 5. The molecular formula is C13H26N2O3. The quantitative estimate of drug-likeness (QED) is 0.662. The van der Waals surface area contributed by atoms with Crippen LogP contribution in [0.15, 0.2) is 0 Å². The Labute approximate surface area is 109 Å². The van der Waals surface area contributed by atoms with Gasteiger partial charge in [0.25, 0.3) is 0 Å². The summed E-state index contributed by atoms with van der Waals surface area (Å²) in [6.07, 6.45) is 0.938. The van der Waals surface area contributed by atoms with Gasteiger partial charge in [-0.2, -0.15) is 0 Å². The molecule has 1 atom stereocenters. The van der Waals surface area contributed by atoms with E-state index in [9.17, 15) is 9.90 Å². The van der Waals surface area contributed by atoms with E-state index in [4.69, 9.17) is 4.74 Å². The summed E-state index contributed by atoms with van der Waals surface area (Å²) in [5, 5.41) is 15.9. The minimum Gasteiger partial charge on any atom is -0.391 e. The standard InChI is InChI=1S/C13H26N2O3/c1-10(16)12(2,3)15-11(17)13(9-18-4)5-7-14-8-6-13/h10,14,16H,5-9H2,1-4H3,(H,15,17). The van der Waals surface area contributed by atoms with Crippen molar-refractivity contribution in [2.75, 3.05) is 26.8 Å². The number of carbonyl (C=O) groups excluding carboxylic acids is 1. The van der Waals surface area contributed by atoms with E-state index in [0.29, 0.717) is 6.61 Å². The molecule has 106 valence electrons. The number of hydrogen-bond acceptors (Lipinski definition) is 4. The van der Waals surface area contributed by atoms with E-state index in [1.165, 1.54) is 0 Å². The molecule has 0 aromatic heterocycles. The van der Waals surface area contributed by atoms with E-state index in [-0.39, 0.29) is 5.91 Å². The topological polar surface area (TPSA) is 70.6 Å². The highest BCUT2D eigenvalue weighted by atomic mass is 16.5. The van der Waals surface area contributed by atoms with Crippen molar-refractivity contribution in [3.63, 3.8) is 0 Å². The van der Waals surface area contributed by atoms with Gasteiger partial charge in [0.05, 0.1) is 23.7 Å². The van der Waals surface area contributed by atoms with Crippen molar-refractivity contribution in [1.82, 2.24) is 10.6 Å². The van der Waals surface area contributed by atoms with E-state index < -0.39 is 17.1 Å². The molecule has 0 bridgehead atoms. The zero-order valence-corrected chi connectivity index (χ0v) is 11.9. The van der Waals surface area contributed by atoms with Crippen molar-refractivity contribution >= 4 is 5.91 Å². The van der Waals surface area contributed by atoms with Crippen LogP contribution in [0.25, 0.3) is 0 Å². The highest BCUT2D eigenvalue weighted by Crippen LogP contribution is 2.30. The third-order valence-corrected chi connectivity index (χ3v) is 3.94. The van der Waals surface area contributed by atoms with Crippen LogP contribution in [0, 0.1) is 5.41 Å². The van der Waals surface area contributed by atoms with E-state index in [1.807, 2.05) is 13.8 Å². The maximum atomic E-state index is 12.5. The van der Waals surface area contributed by atoms with Gasteiger partial charge in [0.15, 0.2) is 0 Å². The van der Waals surface area contributed by atoms with Crippen LogP contribution in [0.3, 0.4) is 0 Å². The summed E-state index contributed by atoms with van der Waals surface area (Å²) >= 11 is 0. The Morgan fingerprint density at radius 2 is 2.06 bits per heavy atom. The fraction of sp³-hybridized carbons (Fsp3) is 0.923. The number of aliphatic hydroxyl groups is 1. The Hall–Kier alpha value is -0.650. The van der Waals surface area contributed by atoms with Crippen molar-refractivity contribution < 1.29 is 14.6 Å². The fourth-order valence-electron chi connectivity index (χ4n) is 2.15. The first-order chi connectivity index (χ1) is 8.34. The smallest absolute Gasteiger partial charge is 0.229 e. The van der Waals surface area contributed by atoms with Crippen molar-refractivity contribution in [2.24, 2.45) is 5.41 Å². The highest BCUT2D eigenvalue weighted by Gasteiger charge is 2.42. The molecule has 18 heavy (non-hydrogen) atoms. The third kappa shape index (κ3) is 3.43. The molecule has 1 rings (SSSR count). The second-order valence-electron chi connectivity index (χ2n) is 5.82. The van der Waals surface area contributed by atoms with Crippen LogP contribution in [-0.4, -0.2) is 49.5 Å². The van der Waals surface area contributed by atoms with Gasteiger partial charge in [-0.15, -0.1) is 0 Å². The minimum absolute atomic E-state index is 0.0169. The lowest BCUT2D eigenvalue weighted by molar-refractivity contribution is -0.139. The Balaban J connectivity index is 2.77. The molecule has 0 aromatic rings. The van der Waals surface area contributed by atoms with Gasteiger partial charge in [-0.05, 0) is 46.7 Å². The molecule has 1 unspecified atom stereocenters.